The zero-order valence-corrected chi connectivity index (χ0v) is 14.4. The van der Waals surface area contributed by atoms with Crippen LogP contribution in [-0.4, -0.2) is 24.5 Å². The van der Waals surface area contributed by atoms with Crippen molar-refractivity contribution in [1.82, 2.24) is 0 Å². The van der Waals surface area contributed by atoms with E-state index in [-0.39, 0.29) is 11.8 Å². The van der Waals surface area contributed by atoms with Gasteiger partial charge in [0.25, 0.3) is 5.91 Å². The predicted octanol–water partition coefficient (Wildman–Crippen LogP) is 3.09. The molecule has 2 aromatic rings. The summed E-state index contributed by atoms with van der Waals surface area (Å²) < 4.78 is 5.67. The van der Waals surface area contributed by atoms with Crippen LogP contribution in [0, 0.1) is 11.3 Å². The zero-order valence-electron chi connectivity index (χ0n) is 14.4. The summed E-state index contributed by atoms with van der Waals surface area (Å²) in [6.45, 7) is 2.39. The van der Waals surface area contributed by atoms with E-state index in [2.05, 4.69) is 5.32 Å². The van der Waals surface area contributed by atoms with E-state index < -0.39 is 6.10 Å². The molecule has 6 heteroatoms. The maximum Gasteiger partial charge on any atom is 0.265 e. The fraction of sp³-hybridized carbons (Fsp3) is 0.250. The number of benzene rings is 2. The Morgan fingerprint density at radius 2 is 2.04 bits per heavy atom. The van der Waals surface area contributed by atoms with Crippen LogP contribution in [0.4, 0.5) is 11.4 Å². The standard InChI is InChI=1S/C20H19N3O3/c1-14(20(25)22-16-5-2-4-15(12-16)13-21)26-18-9-7-17(8-10-18)23-11-3-6-19(23)24/h2,4-5,7-10,12,14H,3,6,11H2,1H3,(H,22,25)/t14-/m0/s1. The molecule has 6 nitrogen and oxygen atoms in total. The maximum atomic E-state index is 12.3. The van der Waals surface area contributed by atoms with Crippen molar-refractivity contribution < 1.29 is 14.3 Å². The van der Waals surface area contributed by atoms with E-state index in [4.69, 9.17) is 10.00 Å². The Kier molecular flexibility index (Phi) is 5.18. The average molecular weight is 349 g/mol. The fourth-order valence-electron chi connectivity index (χ4n) is 2.79. The number of ether oxygens (including phenoxy) is 1. The van der Waals surface area contributed by atoms with E-state index in [0.29, 0.717) is 23.4 Å². The lowest BCUT2D eigenvalue weighted by Crippen LogP contribution is -2.30. The molecule has 0 bridgehead atoms. The van der Waals surface area contributed by atoms with Crippen LogP contribution >= 0.6 is 0 Å². The predicted molar refractivity (Wildman–Crippen MR) is 97.9 cm³/mol. The molecule has 0 saturated carbocycles. The summed E-state index contributed by atoms with van der Waals surface area (Å²) >= 11 is 0. The molecular weight excluding hydrogens is 330 g/mol. The Labute approximate surface area is 152 Å². The maximum absolute atomic E-state index is 12.3. The number of carbonyl (C=O) groups excluding carboxylic acids is 2. The lowest BCUT2D eigenvalue weighted by Gasteiger charge is -2.18. The molecule has 26 heavy (non-hydrogen) atoms. The smallest absolute Gasteiger partial charge is 0.265 e. The second kappa shape index (κ2) is 7.70. The number of rotatable bonds is 5. The molecule has 1 N–H and O–H groups in total. The van der Waals surface area contributed by atoms with Crippen LogP contribution in [0.15, 0.2) is 48.5 Å². The topological polar surface area (TPSA) is 82.4 Å². The minimum absolute atomic E-state index is 0.131. The van der Waals surface area contributed by atoms with E-state index in [9.17, 15) is 9.59 Å². The van der Waals surface area contributed by atoms with E-state index in [0.717, 1.165) is 18.7 Å². The number of hydrogen-bond donors (Lipinski definition) is 1. The summed E-state index contributed by atoms with van der Waals surface area (Å²) in [6.07, 6.45) is 0.754. The molecule has 2 aromatic carbocycles. The Bertz CT molecular complexity index is 855. The van der Waals surface area contributed by atoms with Gasteiger partial charge in [-0.3, -0.25) is 9.59 Å². The SMILES string of the molecule is C[C@H](Oc1ccc(N2CCCC2=O)cc1)C(=O)Nc1cccc(C#N)c1. The largest absolute Gasteiger partial charge is 0.481 e. The van der Waals surface area contributed by atoms with Crippen molar-refractivity contribution >= 4 is 23.2 Å². The van der Waals surface area contributed by atoms with Crippen LogP contribution in [0.5, 0.6) is 5.75 Å². The van der Waals surface area contributed by atoms with Crippen molar-refractivity contribution in [3.63, 3.8) is 0 Å². The summed E-state index contributed by atoms with van der Waals surface area (Å²) in [4.78, 5) is 25.8. The molecular formula is C20H19N3O3. The van der Waals surface area contributed by atoms with Gasteiger partial charge in [-0.25, -0.2) is 0 Å². The van der Waals surface area contributed by atoms with Gasteiger partial charge in [-0.1, -0.05) is 6.07 Å². The molecule has 1 aliphatic rings. The first kappa shape index (κ1) is 17.5. The molecule has 0 aromatic heterocycles. The van der Waals surface area contributed by atoms with Gasteiger partial charge in [0.15, 0.2) is 6.10 Å². The zero-order chi connectivity index (χ0) is 18.5. The van der Waals surface area contributed by atoms with E-state index in [1.165, 1.54) is 0 Å². The number of carbonyl (C=O) groups is 2. The van der Waals surface area contributed by atoms with Crippen LogP contribution in [0.3, 0.4) is 0 Å². The van der Waals surface area contributed by atoms with Gasteiger partial charge >= 0.3 is 0 Å². The van der Waals surface area contributed by atoms with Gasteiger partial charge in [0.2, 0.25) is 5.91 Å². The van der Waals surface area contributed by atoms with Crippen LogP contribution in [0.2, 0.25) is 0 Å². The first-order valence-corrected chi connectivity index (χ1v) is 8.45. The number of anilines is 2. The lowest BCUT2D eigenvalue weighted by molar-refractivity contribution is -0.122. The molecule has 0 unspecified atom stereocenters. The van der Waals surface area contributed by atoms with Crippen molar-refractivity contribution in [3.8, 4) is 11.8 Å². The Morgan fingerprint density at radius 1 is 1.27 bits per heavy atom. The molecule has 3 rings (SSSR count). The molecule has 0 spiro atoms. The van der Waals surface area contributed by atoms with Gasteiger partial charge < -0.3 is 15.0 Å². The summed E-state index contributed by atoms with van der Waals surface area (Å²) in [7, 11) is 0. The van der Waals surface area contributed by atoms with Crippen molar-refractivity contribution in [2.75, 3.05) is 16.8 Å². The third kappa shape index (κ3) is 4.01. The minimum atomic E-state index is -0.708. The summed E-state index contributed by atoms with van der Waals surface area (Å²) in [6, 6.07) is 15.9. The Hall–Kier alpha value is -3.33. The normalized spacial score (nSPS) is 14.6. The first-order chi connectivity index (χ1) is 12.6. The highest BCUT2D eigenvalue weighted by molar-refractivity contribution is 5.95. The number of nitrogens with zero attached hydrogens (tertiary/aromatic N) is 2. The highest BCUT2D eigenvalue weighted by atomic mass is 16.5. The van der Waals surface area contributed by atoms with Crippen LogP contribution < -0.4 is 15.0 Å². The Morgan fingerprint density at radius 3 is 2.69 bits per heavy atom. The summed E-state index contributed by atoms with van der Waals surface area (Å²) in [5.41, 5.74) is 1.86. The third-order valence-electron chi connectivity index (χ3n) is 4.16. The van der Waals surface area contributed by atoms with E-state index in [1.54, 1.807) is 48.2 Å². The van der Waals surface area contributed by atoms with Gasteiger partial charge in [-0.2, -0.15) is 5.26 Å². The quantitative estimate of drug-likeness (QED) is 0.899. The Balaban J connectivity index is 1.60. The third-order valence-corrected chi connectivity index (χ3v) is 4.16. The van der Waals surface area contributed by atoms with Gasteiger partial charge in [0.05, 0.1) is 11.6 Å². The second-order valence-electron chi connectivity index (χ2n) is 6.08. The van der Waals surface area contributed by atoms with Crippen molar-refractivity contribution in [2.45, 2.75) is 25.9 Å². The average Bonchev–Trinajstić information content (AvgIpc) is 3.08. The number of hydrogen-bond acceptors (Lipinski definition) is 4. The van der Waals surface area contributed by atoms with Gasteiger partial charge in [-0.15, -0.1) is 0 Å². The van der Waals surface area contributed by atoms with Crippen LogP contribution in [0.25, 0.3) is 0 Å². The highest BCUT2D eigenvalue weighted by Gasteiger charge is 2.21. The fourth-order valence-corrected chi connectivity index (χ4v) is 2.79. The van der Waals surface area contributed by atoms with Crippen molar-refractivity contribution in [1.29, 1.82) is 5.26 Å². The highest BCUT2D eigenvalue weighted by Crippen LogP contribution is 2.24. The van der Waals surface area contributed by atoms with E-state index in [1.807, 2.05) is 18.2 Å². The molecule has 1 atom stereocenters. The monoisotopic (exact) mass is 349 g/mol. The molecule has 1 fully saturated rings. The molecule has 132 valence electrons. The number of nitriles is 1. The summed E-state index contributed by atoms with van der Waals surface area (Å²) in [5.74, 6) is 0.374. The van der Waals surface area contributed by atoms with Gasteiger partial charge in [-0.05, 0) is 55.8 Å². The van der Waals surface area contributed by atoms with Crippen molar-refractivity contribution in [2.24, 2.45) is 0 Å². The molecule has 1 heterocycles. The molecule has 1 aliphatic heterocycles. The van der Waals surface area contributed by atoms with Gasteiger partial charge in [0.1, 0.15) is 5.75 Å². The van der Waals surface area contributed by atoms with Crippen LogP contribution in [-0.2, 0) is 9.59 Å². The second-order valence-corrected chi connectivity index (χ2v) is 6.08. The molecule has 0 radical (unpaired) electrons. The molecule has 1 saturated heterocycles. The molecule has 2 amide bonds. The first-order valence-electron chi connectivity index (χ1n) is 8.45. The number of nitrogens with one attached hydrogen (secondary N) is 1. The minimum Gasteiger partial charge on any atom is -0.481 e. The lowest BCUT2D eigenvalue weighted by atomic mass is 10.2. The number of amides is 2. The van der Waals surface area contributed by atoms with E-state index >= 15 is 0 Å². The molecule has 0 aliphatic carbocycles. The summed E-state index contributed by atoms with van der Waals surface area (Å²) in [5, 5.41) is 11.6. The van der Waals surface area contributed by atoms with Crippen LogP contribution in [0.1, 0.15) is 25.3 Å². The van der Waals surface area contributed by atoms with Crippen molar-refractivity contribution in [3.05, 3.63) is 54.1 Å². The van der Waals surface area contributed by atoms with Gasteiger partial charge in [0, 0.05) is 24.3 Å².